The summed E-state index contributed by atoms with van der Waals surface area (Å²) in [6.45, 7) is 6.03. The van der Waals surface area contributed by atoms with Crippen molar-refractivity contribution in [3.63, 3.8) is 0 Å². The normalized spacial score (nSPS) is 19.3. The number of rotatable bonds is 3. The number of fused-ring (bicyclic) bond motifs is 1. The number of aromatic nitrogens is 1. The van der Waals surface area contributed by atoms with Crippen molar-refractivity contribution in [1.82, 2.24) is 10.3 Å². The highest BCUT2D eigenvalue weighted by Gasteiger charge is 2.24. The summed E-state index contributed by atoms with van der Waals surface area (Å²) in [6, 6.07) is 3.69. The van der Waals surface area contributed by atoms with E-state index in [0.29, 0.717) is 0 Å². The van der Waals surface area contributed by atoms with Gasteiger partial charge in [0.05, 0.1) is 18.2 Å². The van der Waals surface area contributed by atoms with Crippen molar-refractivity contribution in [2.75, 3.05) is 5.75 Å². The van der Waals surface area contributed by atoms with Crippen LogP contribution in [-0.4, -0.2) is 31.1 Å². The Morgan fingerprint density at radius 3 is 2.61 bits per heavy atom. The summed E-state index contributed by atoms with van der Waals surface area (Å²) in [5.41, 5.74) is 5.28. The largest absolute Gasteiger partial charge is 0.358 e. The second-order valence-electron chi connectivity index (χ2n) is 6.19. The lowest BCUT2D eigenvalue weighted by Crippen LogP contribution is -2.36. The smallest absolute Gasteiger partial charge is 0.225 e. The zero-order valence-corrected chi connectivity index (χ0v) is 14.3. The van der Waals surface area contributed by atoms with Crippen LogP contribution in [0.3, 0.4) is 0 Å². The maximum Gasteiger partial charge on any atom is 0.225 e. The number of benzene rings is 1. The molecule has 0 saturated heterocycles. The van der Waals surface area contributed by atoms with Gasteiger partial charge in [0.15, 0.2) is 9.84 Å². The van der Waals surface area contributed by atoms with Gasteiger partial charge in [-0.15, -0.1) is 0 Å². The molecule has 6 heteroatoms. The van der Waals surface area contributed by atoms with Crippen LogP contribution in [0.15, 0.2) is 23.6 Å². The van der Waals surface area contributed by atoms with Crippen molar-refractivity contribution >= 4 is 26.6 Å². The lowest BCUT2D eigenvalue weighted by molar-refractivity contribution is -0.120. The molecule has 0 bridgehead atoms. The van der Waals surface area contributed by atoms with Gasteiger partial charge in [-0.3, -0.25) is 4.79 Å². The highest BCUT2D eigenvalue weighted by atomic mass is 32.2. The molecule has 1 aliphatic rings. The molecule has 2 aromatic rings. The first kappa shape index (κ1) is 15.8. The molecule has 1 aliphatic heterocycles. The third-order valence-corrected chi connectivity index (χ3v) is 5.70. The van der Waals surface area contributed by atoms with E-state index in [0.717, 1.165) is 33.3 Å². The molecule has 0 saturated carbocycles. The Morgan fingerprint density at radius 2 is 1.96 bits per heavy atom. The van der Waals surface area contributed by atoms with Gasteiger partial charge in [0, 0.05) is 22.0 Å². The molecule has 1 atom stereocenters. The van der Waals surface area contributed by atoms with Crippen LogP contribution in [0, 0.1) is 20.8 Å². The van der Waals surface area contributed by atoms with Crippen LogP contribution < -0.4 is 5.32 Å². The first-order chi connectivity index (χ1) is 10.8. The number of carbonyl (C=O) groups is 1. The predicted molar refractivity (Wildman–Crippen MR) is 91.1 cm³/mol. The minimum absolute atomic E-state index is 0.0518. The van der Waals surface area contributed by atoms with Gasteiger partial charge in [-0.2, -0.15) is 0 Å². The highest BCUT2D eigenvalue weighted by molar-refractivity contribution is 7.94. The van der Waals surface area contributed by atoms with Gasteiger partial charge < -0.3 is 10.3 Å². The van der Waals surface area contributed by atoms with Gasteiger partial charge in [0.1, 0.15) is 0 Å². The van der Waals surface area contributed by atoms with Gasteiger partial charge in [0.25, 0.3) is 0 Å². The van der Waals surface area contributed by atoms with Crippen LogP contribution in [0.2, 0.25) is 0 Å². The molecule has 0 aliphatic carbocycles. The molecule has 0 spiro atoms. The summed E-state index contributed by atoms with van der Waals surface area (Å²) in [6.07, 6.45) is 1.77. The van der Waals surface area contributed by atoms with Crippen LogP contribution in [-0.2, 0) is 21.1 Å². The number of H-pyrrole nitrogens is 1. The van der Waals surface area contributed by atoms with Gasteiger partial charge in [0.2, 0.25) is 5.91 Å². The van der Waals surface area contributed by atoms with E-state index >= 15 is 0 Å². The second kappa shape index (κ2) is 5.53. The number of aryl methyl sites for hydroxylation is 3. The Bertz CT molecular complexity index is 923. The van der Waals surface area contributed by atoms with Crippen LogP contribution in [0.25, 0.3) is 10.9 Å². The van der Waals surface area contributed by atoms with Crippen molar-refractivity contribution in [3.8, 4) is 0 Å². The number of amides is 1. The molecule has 1 aromatic heterocycles. The fourth-order valence-corrected chi connectivity index (χ4v) is 4.35. The van der Waals surface area contributed by atoms with Crippen molar-refractivity contribution in [2.45, 2.75) is 33.2 Å². The predicted octanol–water partition coefficient (Wildman–Crippen LogP) is 2.06. The number of sulfone groups is 1. The molecule has 122 valence electrons. The van der Waals surface area contributed by atoms with E-state index < -0.39 is 15.9 Å². The molecule has 3 rings (SSSR count). The molecule has 1 amide bonds. The first-order valence-electron chi connectivity index (χ1n) is 7.54. The minimum atomic E-state index is -3.16. The Balaban J connectivity index is 1.85. The van der Waals surface area contributed by atoms with Gasteiger partial charge in [-0.1, -0.05) is 12.1 Å². The monoisotopic (exact) mass is 332 g/mol. The van der Waals surface area contributed by atoms with Gasteiger partial charge in [-0.25, -0.2) is 8.42 Å². The van der Waals surface area contributed by atoms with E-state index in [1.165, 1.54) is 11.5 Å². The fourth-order valence-electron chi connectivity index (χ4n) is 3.12. The average Bonchev–Trinajstić information content (AvgIpc) is 2.96. The molecular formula is C17H20N2O3S. The van der Waals surface area contributed by atoms with Crippen molar-refractivity contribution in [3.05, 3.63) is 46.0 Å². The van der Waals surface area contributed by atoms with Crippen molar-refractivity contribution in [1.29, 1.82) is 0 Å². The molecule has 2 N–H and O–H groups in total. The standard InChI is InChI=1S/C17H20N2O3S/c1-10-4-5-11(2)17-16(10)14(12(3)18-17)8-15(20)19-13-6-7-23(21,22)9-13/h4-7,13,18H,8-9H2,1-3H3,(H,19,20)/t13-/m1/s1. The maximum atomic E-state index is 12.3. The number of nitrogens with one attached hydrogen (secondary N) is 2. The lowest BCUT2D eigenvalue weighted by atomic mass is 10.0. The van der Waals surface area contributed by atoms with Gasteiger partial charge in [-0.05, 0) is 43.5 Å². The number of hydrogen-bond donors (Lipinski definition) is 2. The summed E-state index contributed by atoms with van der Waals surface area (Å²) in [4.78, 5) is 15.7. The molecule has 0 unspecified atom stereocenters. The molecule has 23 heavy (non-hydrogen) atoms. The fraction of sp³-hybridized carbons (Fsp3) is 0.353. The number of carbonyl (C=O) groups excluding carboxylic acids is 1. The average molecular weight is 332 g/mol. The quantitative estimate of drug-likeness (QED) is 0.903. The Labute approximate surface area is 135 Å². The Hall–Kier alpha value is -2.08. The van der Waals surface area contributed by atoms with Crippen molar-refractivity contribution in [2.24, 2.45) is 0 Å². The SMILES string of the molecule is Cc1[nH]c2c(C)ccc(C)c2c1CC(=O)N[C@@H]1C=CS(=O)(=O)C1. The first-order valence-corrected chi connectivity index (χ1v) is 9.26. The summed E-state index contributed by atoms with van der Waals surface area (Å²) in [7, 11) is -3.16. The molecule has 0 fully saturated rings. The summed E-state index contributed by atoms with van der Waals surface area (Å²) in [5.74, 6) is -0.217. The molecular weight excluding hydrogens is 312 g/mol. The summed E-state index contributed by atoms with van der Waals surface area (Å²) >= 11 is 0. The number of aromatic amines is 1. The van der Waals surface area contributed by atoms with E-state index in [-0.39, 0.29) is 18.1 Å². The third-order valence-electron chi connectivity index (χ3n) is 4.30. The second-order valence-corrected chi connectivity index (χ2v) is 8.12. The van der Waals surface area contributed by atoms with E-state index in [4.69, 9.17) is 0 Å². The zero-order chi connectivity index (χ0) is 16.8. The Morgan fingerprint density at radius 1 is 1.26 bits per heavy atom. The molecule has 5 nitrogen and oxygen atoms in total. The van der Waals surface area contributed by atoms with E-state index in [1.807, 2.05) is 20.8 Å². The van der Waals surface area contributed by atoms with E-state index in [2.05, 4.69) is 22.4 Å². The Kier molecular flexibility index (Phi) is 3.80. The summed E-state index contributed by atoms with van der Waals surface area (Å²) < 4.78 is 22.8. The molecule has 0 radical (unpaired) electrons. The van der Waals surface area contributed by atoms with Crippen LogP contribution >= 0.6 is 0 Å². The van der Waals surface area contributed by atoms with Gasteiger partial charge >= 0.3 is 0 Å². The van der Waals surface area contributed by atoms with Crippen LogP contribution in [0.5, 0.6) is 0 Å². The topological polar surface area (TPSA) is 79.0 Å². The highest BCUT2D eigenvalue weighted by Crippen LogP contribution is 2.28. The maximum absolute atomic E-state index is 12.3. The van der Waals surface area contributed by atoms with E-state index in [9.17, 15) is 13.2 Å². The lowest BCUT2D eigenvalue weighted by Gasteiger charge is -2.10. The van der Waals surface area contributed by atoms with Crippen molar-refractivity contribution < 1.29 is 13.2 Å². The zero-order valence-electron chi connectivity index (χ0n) is 13.4. The van der Waals surface area contributed by atoms with Crippen LogP contribution in [0.1, 0.15) is 22.4 Å². The molecule has 2 heterocycles. The third kappa shape index (κ3) is 3.03. The number of hydrogen-bond acceptors (Lipinski definition) is 3. The minimum Gasteiger partial charge on any atom is -0.358 e. The molecule has 1 aromatic carbocycles. The van der Waals surface area contributed by atoms with Crippen LogP contribution in [0.4, 0.5) is 0 Å². The summed E-state index contributed by atoms with van der Waals surface area (Å²) in [5, 5.41) is 5.04. The van der Waals surface area contributed by atoms with E-state index in [1.54, 1.807) is 0 Å².